The first-order valence-electron chi connectivity index (χ1n) is 6.20. The molecule has 2 saturated carbocycles. The average Bonchev–Trinajstić information content (AvgIpc) is 2.74. The summed E-state index contributed by atoms with van der Waals surface area (Å²) in [5.41, 5.74) is 8.04. The summed E-state index contributed by atoms with van der Waals surface area (Å²) in [6.45, 7) is 1.99. The van der Waals surface area contributed by atoms with Crippen LogP contribution < -0.4 is 5.73 Å². The van der Waals surface area contributed by atoms with E-state index in [0.29, 0.717) is 5.92 Å². The molecular weight excluding hydrogens is 201 g/mol. The quantitative estimate of drug-likeness (QED) is 0.812. The standard InChI is InChI=1S/C14H18FN/c1-8-5-6-12(15)11(7-8)14(16)13-9-3-2-4-10(9)13/h5-7,9-10,13-14H,2-4,16H2,1H3. The molecule has 1 aromatic rings. The van der Waals surface area contributed by atoms with Gasteiger partial charge in [0, 0.05) is 11.6 Å². The zero-order valence-electron chi connectivity index (χ0n) is 9.62. The summed E-state index contributed by atoms with van der Waals surface area (Å²) in [7, 11) is 0. The Balaban J connectivity index is 1.84. The number of hydrogen-bond donors (Lipinski definition) is 1. The molecule has 2 fully saturated rings. The Labute approximate surface area is 95.8 Å². The van der Waals surface area contributed by atoms with E-state index in [1.54, 1.807) is 12.1 Å². The average molecular weight is 219 g/mol. The van der Waals surface area contributed by atoms with Gasteiger partial charge >= 0.3 is 0 Å². The maximum absolute atomic E-state index is 13.7. The van der Waals surface area contributed by atoms with Crippen LogP contribution in [-0.2, 0) is 0 Å². The Kier molecular flexibility index (Phi) is 2.28. The van der Waals surface area contributed by atoms with Gasteiger partial charge in [-0.3, -0.25) is 0 Å². The lowest BCUT2D eigenvalue weighted by molar-refractivity contribution is 0.480. The van der Waals surface area contributed by atoms with Crippen molar-refractivity contribution in [2.24, 2.45) is 23.5 Å². The van der Waals surface area contributed by atoms with Crippen LogP contribution in [0.25, 0.3) is 0 Å². The normalized spacial score (nSPS) is 33.6. The number of nitrogens with two attached hydrogens (primary N) is 1. The first-order chi connectivity index (χ1) is 7.68. The van der Waals surface area contributed by atoms with E-state index < -0.39 is 0 Å². The molecule has 3 atom stereocenters. The van der Waals surface area contributed by atoms with Crippen LogP contribution in [0.15, 0.2) is 18.2 Å². The molecule has 0 saturated heterocycles. The van der Waals surface area contributed by atoms with Crippen LogP contribution in [-0.4, -0.2) is 0 Å². The van der Waals surface area contributed by atoms with Crippen LogP contribution in [0.5, 0.6) is 0 Å². The van der Waals surface area contributed by atoms with E-state index in [0.717, 1.165) is 23.0 Å². The van der Waals surface area contributed by atoms with E-state index in [1.807, 2.05) is 13.0 Å². The van der Waals surface area contributed by atoms with Gasteiger partial charge in [0.2, 0.25) is 0 Å². The maximum atomic E-state index is 13.7. The van der Waals surface area contributed by atoms with Crippen molar-refractivity contribution in [1.29, 1.82) is 0 Å². The monoisotopic (exact) mass is 219 g/mol. The van der Waals surface area contributed by atoms with Crippen LogP contribution in [0.1, 0.15) is 36.4 Å². The van der Waals surface area contributed by atoms with Crippen LogP contribution in [0.3, 0.4) is 0 Å². The molecule has 0 amide bonds. The Morgan fingerprint density at radius 3 is 2.69 bits per heavy atom. The molecule has 1 aromatic carbocycles. The fraction of sp³-hybridized carbons (Fsp3) is 0.571. The number of hydrogen-bond acceptors (Lipinski definition) is 1. The van der Waals surface area contributed by atoms with Gasteiger partial charge in [-0.05, 0) is 43.6 Å². The minimum atomic E-state index is -0.136. The number of rotatable bonds is 2. The second kappa shape index (κ2) is 3.56. The van der Waals surface area contributed by atoms with Crippen molar-refractivity contribution in [2.75, 3.05) is 0 Å². The fourth-order valence-corrected chi connectivity index (χ4v) is 3.54. The first-order valence-corrected chi connectivity index (χ1v) is 6.20. The molecular formula is C14H18FN. The second-order valence-corrected chi connectivity index (χ2v) is 5.39. The van der Waals surface area contributed by atoms with Crippen molar-refractivity contribution >= 4 is 0 Å². The fourth-order valence-electron chi connectivity index (χ4n) is 3.54. The third-order valence-corrected chi connectivity index (χ3v) is 4.40. The van der Waals surface area contributed by atoms with E-state index in [1.165, 1.54) is 19.3 Å². The first kappa shape index (κ1) is 10.3. The summed E-state index contributed by atoms with van der Waals surface area (Å²) < 4.78 is 13.7. The highest BCUT2D eigenvalue weighted by Crippen LogP contribution is 2.61. The molecule has 0 heterocycles. The summed E-state index contributed by atoms with van der Waals surface area (Å²) in [6.07, 6.45) is 3.95. The number of halogens is 1. The number of aryl methyl sites for hydroxylation is 1. The predicted molar refractivity (Wildman–Crippen MR) is 62.4 cm³/mol. The van der Waals surface area contributed by atoms with Gasteiger partial charge in [-0.2, -0.15) is 0 Å². The largest absolute Gasteiger partial charge is 0.324 e. The molecule has 2 N–H and O–H groups in total. The lowest BCUT2D eigenvalue weighted by atomic mass is 9.96. The van der Waals surface area contributed by atoms with Crippen LogP contribution >= 0.6 is 0 Å². The van der Waals surface area contributed by atoms with Crippen LogP contribution in [0.4, 0.5) is 4.39 Å². The number of fused-ring (bicyclic) bond motifs is 1. The smallest absolute Gasteiger partial charge is 0.128 e. The highest BCUT2D eigenvalue weighted by Gasteiger charge is 2.55. The Morgan fingerprint density at radius 1 is 1.31 bits per heavy atom. The van der Waals surface area contributed by atoms with Crippen LogP contribution in [0.2, 0.25) is 0 Å². The third kappa shape index (κ3) is 1.47. The lowest BCUT2D eigenvalue weighted by Gasteiger charge is -2.15. The van der Waals surface area contributed by atoms with Gasteiger partial charge in [0.15, 0.2) is 0 Å². The zero-order chi connectivity index (χ0) is 11.3. The Morgan fingerprint density at radius 2 is 2.00 bits per heavy atom. The lowest BCUT2D eigenvalue weighted by Crippen LogP contribution is -2.17. The summed E-state index contributed by atoms with van der Waals surface area (Å²) in [6, 6.07) is 5.17. The summed E-state index contributed by atoms with van der Waals surface area (Å²) in [5, 5.41) is 0. The molecule has 0 aliphatic heterocycles. The Hall–Kier alpha value is -0.890. The predicted octanol–water partition coefficient (Wildman–Crippen LogP) is 3.18. The van der Waals surface area contributed by atoms with Crippen molar-refractivity contribution < 1.29 is 4.39 Å². The molecule has 16 heavy (non-hydrogen) atoms. The van der Waals surface area contributed by atoms with Crippen molar-refractivity contribution in [3.63, 3.8) is 0 Å². The Bertz CT molecular complexity index is 405. The number of benzene rings is 1. The van der Waals surface area contributed by atoms with E-state index in [4.69, 9.17) is 5.73 Å². The molecule has 2 aliphatic rings. The molecule has 0 spiro atoms. The van der Waals surface area contributed by atoms with Crippen LogP contribution in [0, 0.1) is 30.5 Å². The van der Waals surface area contributed by atoms with Crippen molar-refractivity contribution in [3.05, 3.63) is 35.1 Å². The maximum Gasteiger partial charge on any atom is 0.128 e. The van der Waals surface area contributed by atoms with Gasteiger partial charge in [0.05, 0.1) is 0 Å². The summed E-state index contributed by atoms with van der Waals surface area (Å²) >= 11 is 0. The topological polar surface area (TPSA) is 26.0 Å². The summed E-state index contributed by atoms with van der Waals surface area (Å²) in [5.74, 6) is 1.98. The highest BCUT2D eigenvalue weighted by atomic mass is 19.1. The van der Waals surface area contributed by atoms with Crippen molar-refractivity contribution in [1.82, 2.24) is 0 Å². The molecule has 2 heteroatoms. The van der Waals surface area contributed by atoms with E-state index in [-0.39, 0.29) is 11.9 Å². The molecule has 3 rings (SSSR count). The van der Waals surface area contributed by atoms with E-state index >= 15 is 0 Å². The third-order valence-electron chi connectivity index (χ3n) is 4.40. The molecule has 86 valence electrons. The van der Waals surface area contributed by atoms with Crippen molar-refractivity contribution in [2.45, 2.75) is 32.2 Å². The van der Waals surface area contributed by atoms with Gasteiger partial charge in [0.25, 0.3) is 0 Å². The molecule has 2 aliphatic carbocycles. The highest BCUT2D eigenvalue weighted by molar-refractivity contribution is 5.29. The van der Waals surface area contributed by atoms with E-state index in [2.05, 4.69) is 0 Å². The van der Waals surface area contributed by atoms with Gasteiger partial charge in [-0.15, -0.1) is 0 Å². The zero-order valence-corrected chi connectivity index (χ0v) is 9.62. The molecule has 0 bridgehead atoms. The molecule has 1 nitrogen and oxygen atoms in total. The van der Waals surface area contributed by atoms with Gasteiger partial charge in [-0.25, -0.2) is 4.39 Å². The van der Waals surface area contributed by atoms with Gasteiger partial charge in [-0.1, -0.05) is 24.1 Å². The van der Waals surface area contributed by atoms with E-state index in [9.17, 15) is 4.39 Å². The van der Waals surface area contributed by atoms with Crippen molar-refractivity contribution in [3.8, 4) is 0 Å². The molecule has 0 radical (unpaired) electrons. The second-order valence-electron chi connectivity index (χ2n) is 5.39. The van der Waals surface area contributed by atoms with Gasteiger partial charge in [0.1, 0.15) is 5.82 Å². The summed E-state index contributed by atoms with van der Waals surface area (Å²) in [4.78, 5) is 0. The van der Waals surface area contributed by atoms with Gasteiger partial charge < -0.3 is 5.73 Å². The minimum Gasteiger partial charge on any atom is -0.324 e. The SMILES string of the molecule is Cc1ccc(F)c(C(N)C2C3CCCC32)c1. The molecule has 0 aromatic heterocycles. The minimum absolute atomic E-state index is 0.0878. The molecule has 3 unspecified atom stereocenters.